The number of benzene rings is 2. The van der Waals surface area contributed by atoms with Gasteiger partial charge < -0.3 is 9.47 Å². The highest BCUT2D eigenvalue weighted by molar-refractivity contribution is 8.93. The van der Waals surface area contributed by atoms with Gasteiger partial charge in [-0.1, -0.05) is 23.5 Å². The van der Waals surface area contributed by atoms with Crippen molar-refractivity contribution in [3.8, 4) is 0 Å². The van der Waals surface area contributed by atoms with E-state index in [0.29, 0.717) is 10.4 Å². The number of aromatic nitrogens is 1. The number of fused-ring (bicyclic) bond motifs is 1. The predicted molar refractivity (Wildman–Crippen MR) is 108 cm³/mol. The molecule has 1 fully saturated rings. The van der Waals surface area contributed by atoms with Crippen LogP contribution in [-0.4, -0.2) is 23.4 Å². The van der Waals surface area contributed by atoms with Crippen molar-refractivity contribution in [3.05, 3.63) is 58.9 Å². The lowest BCUT2D eigenvalue weighted by Crippen LogP contribution is -2.20. The van der Waals surface area contributed by atoms with Crippen LogP contribution in [0.3, 0.4) is 0 Å². The fraction of sp³-hybridized carbons (Fsp3) is 0.263. The first-order chi connectivity index (χ1) is 11.7. The van der Waals surface area contributed by atoms with E-state index in [1.165, 1.54) is 29.9 Å². The standard InChI is InChI=1S/C19H19N3OS.BrH/c20-19-22(16-5-1-2-6-18(16)24-19)13-17(23)14-7-9-15(10-8-14)21-11-3-4-12-21;/h1-2,5-10,20H,3-4,11-13H2;1H. The number of para-hydroxylation sites is 1. The largest absolute Gasteiger partial charge is 0.372 e. The Hall–Kier alpha value is -1.92. The molecule has 0 atom stereocenters. The average Bonchev–Trinajstić information content (AvgIpc) is 3.24. The number of hydrogen-bond acceptors (Lipinski definition) is 4. The molecule has 0 aliphatic carbocycles. The summed E-state index contributed by atoms with van der Waals surface area (Å²) in [6, 6.07) is 15.8. The van der Waals surface area contributed by atoms with Crippen LogP contribution in [0.25, 0.3) is 10.2 Å². The van der Waals surface area contributed by atoms with Crippen LogP contribution < -0.4 is 9.70 Å². The maximum absolute atomic E-state index is 12.6. The Bertz CT molecular complexity index is 939. The van der Waals surface area contributed by atoms with Gasteiger partial charge in [0.25, 0.3) is 0 Å². The number of ketones is 1. The number of hydrogen-bond donors (Lipinski definition) is 1. The van der Waals surface area contributed by atoms with E-state index in [2.05, 4.69) is 4.90 Å². The van der Waals surface area contributed by atoms with E-state index in [1.807, 2.05) is 48.5 Å². The first-order valence-electron chi connectivity index (χ1n) is 8.23. The van der Waals surface area contributed by atoms with E-state index in [-0.39, 0.29) is 29.3 Å². The lowest BCUT2D eigenvalue weighted by Gasteiger charge is -2.17. The van der Waals surface area contributed by atoms with Gasteiger partial charge >= 0.3 is 0 Å². The third-order valence-corrected chi connectivity index (χ3v) is 5.55. The number of anilines is 1. The fourth-order valence-corrected chi connectivity index (χ4v) is 4.17. The topological polar surface area (TPSA) is 49.1 Å². The van der Waals surface area contributed by atoms with E-state index in [0.717, 1.165) is 23.3 Å². The van der Waals surface area contributed by atoms with Crippen LogP contribution in [0.15, 0.2) is 48.5 Å². The molecule has 0 radical (unpaired) electrons. The van der Waals surface area contributed by atoms with Crippen LogP contribution in [0.5, 0.6) is 0 Å². The van der Waals surface area contributed by atoms with Crippen LogP contribution >= 0.6 is 28.3 Å². The molecule has 0 saturated carbocycles. The SMILES string of the molecule is Br.N=c1sc2ccccc2n1CC(=O)c1ccc(N2CCCC2)cc1. The van der Waals surface area contributed by atoms with E-state index >= 15 is 0 Å². The lowest BCUT2D eigenvalue weighted by atomic mass is 10.1. The summed E-state index contributed by atoms with van der Waals surface area (Å²) in [5.74, 6) is 0.0463. The quantitative estimate of drug-likeness (QED) is 0.645. The van der Waals surface area contributed by atoms with Crippen LogP contribution in [-0.2, 0) is 6.54 Å². The van der Waals surface area contributed by atoms with Crippen LogP contribution in [0.4, 0.5) is 5.69 Å². The van der Waals surface area contributed by atoms with Gasteiger partial charge in [-0.2, -0.15) is 0 Å². The van der Waals surface area contributed by atoms with Crippen molar-refractivity contribution in [2.24, 2.45) is 0 Å². The summed E-state index contributed by atoms with van der Waals surface area (Å²) in [4.78, 5) is 15.4. The summed E-state index contributed by atoms with van der Waals surface area (Å²) in [7, 11) is 0. The van der Waals surface area contributed by atoms with Gasteiger partial charge in [0.15, 0.2) is 10.6 Å². The molecule has 0 spiro atoms. The molecule has 3 aromatic rings. The van der Waals surface area contributed by atoms with Crippen molar-refractivity contribution in [3.63, 3.8) is 0 Å². The second-order valence-corrected chi connectivity index (χ2v) is 7.16. The van der Waals surface area contributed by atoms with Crippen molar-refractivity contribution < 1.29 is 4.79 Å². The van der Waals surface area contributed by atoms with Crippen molar-refractivity contribution >= 4 is 50.0 Å². The Balaban J connectivity index is 0.00000182. The van der Waals surface area contributed by atoms with E-state index in [9.17, 15) is 4.79 Å². The molecule has 0 amide bonds. The van der Waals surface area contributed by atoms with E-state index in [1.54, 1.807) is 4.57 Å². The van der Waals surface area contributed by atoms with Gasteiger partial charge in [-0.05, 0) is 49.2 Å². The molecule has 25 heavy (non-hydrogen) atoms. The van der Waals surface area contributed by atoms with Gasteiger partial charge in [0.05, 0.1) is 16.8 Å². The molecule has 2 heterocycles. The number of nitrogens with zero attached hydrogens (tertiary/aromatic N) is 2. The van der Waals surface area contributed by atoms with E-state index < -0.39 is 0 Å². The zero-order valence-electron chi connectivity index (χ0n) is 13.8. The summed E-state index contributed by atoms with van der Waals surface area (Å²) in [5, 5.41) is 8.12. The molecule has 4 rings (SSSR count). The molecular formula is C19H20BrN3OS. The Morgan fingerprint density at radius 1 is 1.04 bits per heavy atom. The molecule has 1 aromatic heterocycles. The van der Waals surface area contributed by atoms with Crippen molar-refractivity contribution in [1.29, 1.82) is 5.41 Å². The lowest BCUT2D eigenvalue weighted by molar-refractivity contribution is 0.0972. The normalized spacial score (nSPS) is 13.8. The third-order valence-electron chi connectivity index (χ3n) is 4.57. The number of carbonyl (C=O) groups is 1. The molecule has 2 aromatic carbocycles. The number of nitrogens with one attached hydrogen (secondary N) is 1. The van der Waals surface area contributed by atoms with E-state index in [4.69, 9.17) is 5.41 Å². The zero-order valence-corrected chi connectivity index (χ0v) is 16.3. The molecule has 4 nitrogen and oxygen atoms in total. The number of carbonyl (C=O) groups excluding carboxylic acids is 1. The highest BCUT2D eigenvalue weighted by atomic mass is 79.9. The maximum Gasteiger partial charge on any atom is 0.183 e. The minimum Gasteiger partial charge on any atom is -0.372 e. The summed E-state index contributed by atoms with van der Waals surface area (Å²) >= 11 is 1.41. The molecule has 6 heteroatoms. The second kappa shape index (κ2) is 7.54. The third kappa shape index (κ3) is 3.55. The summed E-state index contributed by atoms with van der Waals surface area (Å²) < 4.78 is 2.83. The van der Waals surface area contributed by atoms with Crippen molar-refractivity contribution in [1.82, 2.24) is 4.57 Å². The molecule has 0 unspecified atom stereocenters. The maximum atomic E-state index is 12.6. The molecule has 130 valence electrons. The average molecular weight is 418 g/mol. The first-order valence-corrected chi connectivity index (χ1v) is 9.05. The molecule has 1 N–H and O–H groups in total. The van der Waals surface area contributed by atoms with Gasteiger partial charge in [-0.3, -0.25) is 10.2 Å². The van der Waals surface area contributed by atoms with Crippen LogP contribution in [0, 0.1) is 5.41 Å². The molecular weight excluding hydrogens is 398 g/mol. The predicted octanol–water partition coefficient (Wildman–Crippen LogP) is 4.24. The monoisotopic (exact) mass is 417 g/mol. The number of rotatable bonds is 4. The Kier molecular flexibility index (Phi) is 5.39. The summed E-state index contributed by atoms with van der Waals surface area (Å²) in [5.41, 5.74) is 2.86. The first kappa shape index (κ1) is 17.9. The van der Waals surface area contributed by atoms with Crippen molar-refractivity contribution in [2.75, 3.05) is 18.0 Å². The number of Topliss-reactive ketones (excluding diaryl/α,β-unsaturated/α-hetero) is 1. The number of thiazole rings is 1. The highest BCUT2D eigenvalue weighted by Gasteiger charge is 2.14. The molecule has 1 aliphatic rings. The fourth-order valence-electron chi connectivity index (χ4n) is 3.26. The molecule has 0 bridgehead atoms. The summed E-state index contributed by atoms with van der Waals surface area (Å²) in [6.45, 7) is 2.42. The minimum absolute atomic E-state index is 0. The van der Waals surface area contributed by atoms with Gasteiger partial charge in [0.2, 0.25) is 0 Å². The van der Waals surface area contributed by atoms with Gasteiger partial charge in [-0.15, -0.1) is 17.0 Å². The molecule has 1 saturated heterocycles. The van der Waals surface area contributed by atoms with Gasteiger partial charge in [0.1, 0.15) is 0 Å². The second-order valence-electron chi connectivity index (χ2n) is 6.13. The van der Waals surface area contributed by atoms with Gasteiger partial charge in [0, 0.05) is 24.3 Å². The number of halogens is 1. The van der Waals surface area contributed by atoms with Crippen LogP contribution in [0.2, 0.25) is 0 Å². The van der Waals surface area contributed by atoms with Crippen LogP contribution in [0.1, 0.15) is 23.2 Å². The Labute approximate surface area is 161 Å². The van der Waals surface area contributed by atoms with Crippen molar-refractivity contribution in [2.45, 2.75) is 19.4 Å². The Morgan fingerprint density at radius 2 is 1.72 bits per heavy atom. The smallest absolute Gasteiger partial charge is 0.183 e. The summed E-state index contributed by atoms with van der Waals surface area (Å²) in [6.07, 6.45) is 2.49. The highest BCUT2D eigenvalue weighted by Crippen LogP contribution is 2.21. The molecule has 1 aliphatic heterocycles. The Morgan fingerprint density at radius 3 is 2.44 bits per heavy atom. The zero-order chi connectivity index (χ0) is 16.5. The van der Waals surface area contributed by atoms with Gasteiger partial charge in [-0.25, -0.2) is 0 Å². The minimum atomic E-state index is 0.